The fourth-order valence-corrected chi connectivity index (χ4v) is 2.22. The molecule has 1 aliphatic heterocycles. The predicted molar refractivity (Wildman–Crippen MR) is 79.4 cm³/mol. The van der Waals surface area contributed by atoms with E-state index < -0.39 is 0 Å². The number of rotatable bonds is 1. The Hall–Kier alpha value is -2.49. The Morgan fingerprint density at radius 2 is 1.85 bits per heavy atom. The fourth-order valence-electron chi connectivity index (χ4n) is 2.22. The first-order valence-corrected chi connectivity index (χ1v) is 6.54. The molecule has 20 heavy (non-hydrogen) atoms. The van der Waals surface area contributed by atoms with Crippen molar-refractivity contribution in [3.8, 4) is 5.75 Å². The van der Waals surface area contributed by atoms with Crippen LogP contribution in [-0.2, 0) is 0 Å². The molecule has 0 radical (unpaired) electrons. The van der Waals surface area contributed by atoms with Gasteiger partial charge in [0.1, 0.15) is 5.75 Å². The van der Waals surface area contributed by atoms with Crippen molar-refractivity contribution in [2.75, 3.05) is 16.9 Å². The van der Waals surface area contributed by atoms with E-state index in [0.717, 1.165) is 16.9 Å². The van der Waals surface area contributed by atoms with Crippen molar-refractivity contribution in [2.24, 2.45) is 0 Å². The number of hydrogen-bond donors (Lipinski definition) is 1. The molecular weight excluding hydrogens is 252 g/mol. The van der Waals surface area contributed by atoms with Crippen LogP contribution >= 0.6 is 0 Å². The Kier molecular flexibility index (Phi) is 3.06. The molecular formula is C16H16N2O2. The van der Waals surface area contributed by atoms with E-state index in [-0.39, 0.29) is 6.09 Å². The smallest absolute Gasteiger partial charge is 0.410 e. The topological polar surface area (TPSA) is 41.6 Å². The first-order valence-electron chi connectivity index (χ1n) is 6.54. The maximum atomic E-state index is 12.2. The number of para-hydroxylation sites is 1. The molecule has 2 aromatic carbocycles. The van der Waals surface area contributed by atoms with Gasteiger partial charge in [0.25, 0.3) is 0 Å². The quantitative estimate of drug-likeness (QED) is 0.857. The van der Waals surface area contributed by atoms with Crippen molar-refractivity contribution in [1.82, 2.24) is 0 Å². The van der Waals surface area contributed by atoms with Crippen LogP contribution in [0, 0.1) is 13.8 Å². The van der Waals surface area contributed by atoms with Gasteiger partial charge in [-0.3, -0.25) is 4.90 Å². The zero-order valence-electron chi connectivity index (χ0n) is 11.5. The maximum Gasteiger partial charge on any atom is 0.421 e. The predicted octanol–water partition coefficient (Wildman–Crippen LogP) is 3.69. The minimum Gasteiger partial charge on any atom is -0.410 e. The summed E-state index contributed by atoms with van der Waals surface area (Å²) in [5, 5.41) is 3.21. The number of carbonyl (C=O) groups excluding carboxylic acids is 1. The fraction of sp³-hybridized carbons (Fsp3) is 0.188. The van der Waals surface area contributed by atoms with Crippen molar-refractivity contribution in [2.45, 2.75) is 13.8 Å². The first kappa shape index (κ1) is 12.5. The van der Waals surface area contributed by atoms with E-state index >= 15 is 0 Å². The van der Waals surface area contributed by atoms with Crippen molar-refractivity contribution in [3.05, 3.63) is 53.6 Å². The number of nitrogens with one attached hydrogen (secondary N) is 1. The molecule has 0 atom stereocenters. The lowest BCUT2D eigenvalue weighted by Crippen LogP contribution is -2.33. The number of ether oxygens (including phenoxy) is 1. The summed E-state index contributed by atoms with van der Waals surface area (Å²) in [5.74, 6) is 0.551. The molecule has 0 saturated heterocycles. The van der Waals surface area contributed by atoms with Gasteiger partial charge in [-0.2, -0.15) is 0 Å². The van der Waals surface area contributed by atoms with E-state index in [1.54, 1.807) is 17.0 Å². The van der Waals surface area contributed by atoms with Crippen LogP contribution < -0.4 is 15.0 Å². The van der Waals surface area contributed by atoms with Crippen LogP contribution in [0.3, 0.4) is 0 Å². The van der Waals surface area contributed by atoms with Crippen molar-refractivity contribution >= 4 is 17.5 Å². The lowest BCUT2D eigenvalue weighted by molar-refractivity contribution is 0.208. The van der Waals surface area contributed by atoms with Gasteiger partial charge >= 0.3 is 6.09 Å². The molecule has 0 spiro atoms. The summed E-state index contributed by atoms with van der Waals surface area (Å²) < 4.78 is 5.37. The monoisotopic (exact) mass is 268 g/mol. The van der Waals surface area contributed by atoms with Crippen LogP contribution in [0.1, 0.15) is 11.1 Å². The highest BCUT2D eigenvalue weighted by atomic mass is 16.6. The lowest BCUT2D eigenvalue weighted by Gasteiger charge is -2.16. The van der Waals surface area contributed by atoms with E-state index in [0.29, 0.717) is 12.4 Å². The molecule has 1 aliphatic rings. The van der Waals surface area contributed by atoms with E-state index in [1.807, 2.05) is 31.2 Å². The molecule has 0 aliphatic carbocycles. The van der Waals surface area contributed by atoms with Gasteiger partial charge < -0.3 is 10.1 Å². The number of carbonyl (C=O) groups is 1. The third kappa shape index (κ3) is 2.20. The Morgan fingerprint density at radius 1 is 1.15 bits per heavy atom. The molecule has 1 amide bonds. The molecule has 3 rings (SSSR count). The van der Waals surface area contributed by atoms with Gasteiger partial charge in [0.05, 0.1) is 18.0 Å². The summed E-state index contributed by atoms with van der Waals surface area (Å²) in [7, 11) is 0. The zero-order chi connectivity index (χ0) is 14.1. The highest BCUT2D eigenvalue weighted by molar-refractivity contribution is 5.96. The second kappa shape index (κ2) is 4.89. The molecule has 0 unspecified atom stereocenters. The molecule has 1 N–H and O–H groups in total. The van der Waals surface area contributed by atoms with Crippen LogP contribution in [0.5, 0.6) is 5.75 Å². The molecule has 4 nitrogen and oxygen atoms in total. The SMILES string of the molecule is Cc1cc2c(cc1C)N(C(=O)Oc1ccccc1)CN2. The van der Waals surface area contributed by atoms with Crippen LogP contribution in [0.15, 0.2) is 42.5 Å². The average Bonchev–Trinajstić information content (AvgIpc) is 2.83. The maximum absolute atomic E-state index is 12.2. The first-order chi connectivity index (χ1) is 9.65. The van der Waals surface area contributed by atoms with Crippen molar-refractivity contribution in [1.29, 1.82) is 0 Å². The molecule has 0 aromatic heterocycles. The highest BCUT2D eigenvalue weighted by Crippen LogP contribution is 2.34. The van der Waals surface area contributed by atoms with E-state index in [4.69, 9.17) is 4.74 Å². The van der Waals surface area contributed by atoms with Crippen LogP contribution in [0.25, 0.3) is 0 Å². The standard InChI is InChI=1S/C16H16N2O2/c1-11-8-14-15(9-12(11)2)18(10-17-14)16(19)20-13-6-4-3-5-7-13/h3-9,17H,10H2,1-2H3. The number of amides is 1. The number of hydrogen-bond acceptors (Lipinski definition) is 3. The second-order valence-corrected chi connectivity index (χ2v) is 4.90. The van der Waals surface area contributed by atoms with Gasteiger partial charge in [-0.25, -0.2) is 4.79 Å². The van der Waals surface area contributed by atoms with Crippen LogP contribution in [0.2, 0.25) is 0 Å². The van der Waals surface area contributed by atoms with Gasteiger partial charge in [0.2, 0.25) is 0 Å². The summed E-state index contributed by atoms with van der Waals surface area (Å²) in [6.45, 7) is 4.53. The van der Waals surface area contributed by atoms with E-state index in [1.165, 1.54) is 5.56 Å². The molecule has 4 heteroatoms. The second-order valence-electron chi connectivity index (χ2n) is 4.90. The Balaban J connectivity index is 1.84. The number of nitrogens with zero attached hydrogens (tertiary/aromatic N) is 1. The number of anilines is 2. The Morgan fingerprint density at radius 3 is 2.60 bits per heavy atom. The summed E-state index contributed by atoms with van der Waals surface area (Å²) in [5.41, 5.74) is 4.20. The summed E-state index contributed by atoms with van der Waals surface area (Å²) in [6.07, 6.45) is -0.370. The third-order valence-corrected chi connectivity index (χ3v) is 3.50. The van der Waals surface area contributed by atoms with Crippen molar-refractivity contribution in [3.63, 3.8) is 0 Å². The van der Waals surface area contributed by atoms with Crippen LogP contribution in [-0.4, -0.2) is 12.8 Å². The minimum absolute atomic E-state index is 0.370. The summed E-state index contributed by atoms with van der Waals surface area (Å²) in [4.78, 5) is 13.8. The Bertz CT molecular complexity index is 653. The summed E-state index contributed by atoms with van der Waals surface area (Å²) in [6, 6.07) is 13.2. The van der Waals surface area contributed by atoms with E-state index in [9.17, 15) is 4.79 Å². The van der Waals surface area contributed by atoms with Gasteiger partial charge in [-0.1, -0.05) is 18.2 Å². The molecule has 0 fully saturated rings. The molecule has 102 valence electrons. The number of benzene rings is 2. The third-order valence-electron chi connectivity index (χ3n) is 3.50. The molecule has 0 bridgehead atoms. The van der Waals surface area contributed by atoms with Crippen LogP contribution in [0.4, 0.5) is 16.2 Å². The normalized spacial score (nSPS) is 12.8. The molecule has 2 aromatic rings. The van der Waals surface area contributed by atoms with Gasteiger partial charge in [0, 0.05) is 0 Å². The molecule has 0 saturated carbocycles. The Labute approximate surface area is 118 Å². The minimum atomic E-state index is -0.370. The largest absolute Gasteiger partial charge is 0.421 e. The lowest BCUT2D eigenvalue weighted by atomic mass is 10.1. The number of fused-ring (bicyclic) bond motifs is 1. The van der Waals surface area contributed by atoms with E-state index in [2.05, 4.69) is 18.3 Å². The number of aryl methyl sites for hydroxylation is 2. The molecule has 1 heterocycles. The van der Waals surface area contributed by atoms with Crippen molar-refractivity contribution < 1.29 is 9.53 Å². The average molecular weight is 268 g/mol. The van der Waals surface area contributed by atoms with Gasteiger partial charge in [0.15, 0.2) is 0 Å². The van der Waals surface area contributed by atoms with Gasteiger partial charge in [-0.05, 0) is 49.2 Å². The summed E-state index contributed by atoms with van der Waals surface area (Å²) >= 11 is 0. The van der Waals surface area contributed by atoms with Gasteiger partial charge in [-0.15, -0.1) is 0 Å². The zero-order valence-corrected chi connectivity index (χ0v) is 11.5. The highest BCUT2D eigenvalue weighted by Gasteiger charge is 2.26.